The molecule has 0 rings (SSSR count). The van der Waals surface area contributed by atoms with Crippen LogP contribution in [-0.2, 0) is 4.79 Å². The summed E-state index contributed by atoms with van der Waals surface area (Å²) in [5.41, 5.74) is 0. The molecule has 4 heteroatoms. The van der Waals surface area contributed by atoms with Crippen molar-refractivity contribution in [3.05, 3.63) is 13.2 Å². The molecular formula is C4H10O3Pb. The number of carboxylic acid groups (broad SMARTS) is 1. The van der Waals surface area contributed by atoms with Crippen LogP contribution in [0.25, 0.3) is 0 Å². The molecule has 0 saturated heterocycles. The Hall–Kier alpha value is 0.0921. The van der Waals surface area contributed by atoms with Gasteiger partial charge in [0.2, 0.25) is 0 Å². The first-order valence-corrected chi connectivity index (χ1v) is 1.60. The van der Waals surface area contributed by atoms with Gasteiger partial charge in [0.25, 0.3) is 0 Å². The van der Waals surface area contributed by atoms with Crippen molar-refractivity contribution in [3.8, 4) is 0 Å². The first kappa shape index (κ1) is 15.7. The Morgan fingerprint density at radius 2 is 1.62 bits per heavy atom. The Morgan fingerprint density at radius 3 is 1.62 bits per heavy atom. The maximum atomic E-state index is 9.12. The van der Waals surface area contributed by atoms with Crippen molar-refractivity contribution >= 4 is 33.3 Å². The second-order valence-corrected chi connectivity index (χ2v) is 0.552. The van der Waals surface area contributed by atoms with Crippen LogP contribution in [0.3, 0.4) is 0 Å². The van der Waals surface area contributed by atoms with Gasteiger partial charge in [-0.15, -0.1) is 13.2 Å². The topological polar surface area (TPSA) is 57.5 Å². The number of hydrogen-bond acceptors (Lipinski definition) is 2. The van der Waals surface area contributed by atoms with Crippen LogP contribution in [0, 0.1) is 0 Å². The number of aliphatic hydroxyl groups excluding tert-OH is 1. The number of hydrogen-bond donors (Lipinski definition) is 2. The Balaban J connectivity index is -0.0000000750. The molecule has 0 saturated carbocycles. The van der Waals surface area contributed by atoms with E-state index in [1.807, 2.05) is 0 Å². The summed E-state index contributed by atoms with van der Waals surface area (Å²) in [6.07, 6.45) is 0. The number of carboxylic acids is 1. The quantitative estimate of drug-likeness (QED) is 0.480. The summed E-state index contributed by atoms with van der Waals surface area (Å²) in [6, 6.07) is 0. The van der Waals surface area contributed by atoms with Gasteiger partial charge >= 0.3 is 33.3 Å². The van der Waals surface area contributed by atoms with Crippen molar-refractivity contribution in [2.75, 3.05) is 6.61 Å². The molecule has 0 heterocycles. The first-order valence-electron chi connectivity index (χ1n) is 1.60. The number of carbonyl (C=O) groups is 1. The summed E-state index contributed by atoms with van der Waals surface area (Å²) in [4.78, 5) is 9.12. The molecular weight excluding hydrogens is 303 g/mol. The van der Waals surface area contributed by atoms with Crippen LogP contribution >= 0.6 is 0 Å². The molecule has 8 heavy (non-hydrogen) atoms. The fourth-order valence-corrected chi connectivity index (χ4v) is 0. The number of aliphatic carboxylic acids is 1. The molecule has 2 radical (unpaired) electrons. The van der Waals surface area contributed by atoms with Gasteiger partial charge in [-0.2, -0.15) is 0 Å². The SMILES string of the molecule is C=C.O=C(O)CO.[PbH2]. The van der Waals surface area contributed by atoms with E-state index in [2.05, 4.69) is 13.2 Å². The van der Waals surface area contributed by atoms with Crippen LogP contribution in [0.1, 0.15) is 0 Å². The van der Waals surface area contributed by atoms with Crippen molar-refractivity contribution < 1.29 is 15.0 Å². The van der Waals surface area contributed by atoms with Crippen LogP contribution in [0.4, 0.5) is 0 Å². The fraction of sp³-hybridized carbons (Fsp3) is 0.250. The van der Waals surface area contributed by atoms with Crippen molar-refractivity contribution in [3.63, 3.8) is 0 Å². The summed E-state index contributed by atoms with van der Waals surface area (Å²) < 4.78 is 0. The third-order valence-electron chi connectivity index (χ3n) is 0.135. The molecule has 0 spiro atoms. The third-order valence-corrected chi connectivity index (χ3v) is 0.135. The zero-order valence-corrected chi connectivity index (χ0v) is 10.1. The van der Waals surface area contributed by atoms with Gasteiger partial charge in [-0.05, 0) is 0 Å². The van der Waals surface area contributed by atoms with Crippen molar-refractivity contribution in [2.45, 2.75) is 0 Å². The average molecular weight is 313 g/mol. The van der Waals surface area contributed by atoms with E-state index in [1.54, 1.807) is 0 Å². The van der Waals surface area contributed by atoms with Crippen LogP contribution in [0.15, 0.2) is 13.2 Å². The predicted octanol–water partition coefficient (Wildman–Crippen LogP) is -1.05. The van der Waals surface area contributed by atoms with Gasteiger partial charge in [0.05, 0.1) is 0 Å². The van der Waals surface area contributed by atoms with Gasteiger partial charge < -0.3 is 10.2 Å². The van der Waals surface area contributed by atoms with E-state index >= 15 is 0 Å². The molecule has 48 valence electrons. The van der Waals surface area contributed by atoms with Gasteiger partial charge in [0, 0.05) is 0 Å². The van der Waals surface area contributed by atoms with Gasteiger partial charge in [-0.3, -0.25) is 0 Å². The van der Waals surface area contributed by atoms with Crippen LogP contribution in [0.2, 0.25) is 0 Å². The molecule has 0 amide bonds. The Morgan fingerprint density at radius 1 is 1.50 bits per heavy atom. The monoisotopic (exact) mass is 314 g/mol. The molecule has 0 aromatic carbocycles. The van der Waals surface area contributed by atoms with E-state index in [1.165, 1.54) is 0 Å². The fourth-order valence-electron chi connectivity index (χ4n) is 0. The Kier molecular flexibility index (Phi) is 30.8. The summed E-state index contributed by atoms with van der Waals surface area (Å²) >= 11 is 0. The van der Waals surface area contributed by atoms with Crippen LogP contribution < -0.4 is 0 Å². The summed E-state index contributed by atoms with van der Waals surface area (Å²) in [6.45, 7) is 5.22. The van der Waals surface area contributed by atoms with Gasteiger partial charge in [-0.25, -0.2) is 4.79 Å². The van der Waals surface area contributed by atoms with Crippen molar-refractivity contribution in [2.24, 2.45) is 0 Å². The third kappa shape index (κ3) is 36.1. The maximum absolute atomic E-state index is 9.12. The van der Waals surface area contributed by atoms with Crippen molar-refractivity contribution in [1.29, 1.82) is 0 Å². The molecule has 0 bridgehead atoms. The molecule has 0 fully saturated rings. The van der Waals surface area contributed by atoms with Gasteiger partial charge in [0.15, 0.2) is 0 Å². The summed E-state index contributed by atoms with van der Waals surface area (Å²) in [5.74, 6) is -1.19. The Bertz CT molecular complexity index is 55.2. The minimum absolute atomic E-state index is 0. The molecule has 0 aromatic heterocycles. The second-order valence-electron chi connectivity index (χ2n) is 0.552. The van der Waals surface area contributed by atoms with Gasteiger partial charge in [-0.1, -0.05) is 0 Å². The van der Waals surface area contributed by atoms with Gasteiger partial charge in [0.1, 0.15) is 6.61 Å². The molecule has 0 aliphatic rings. The van der Waals surface area contributed by atoms with E-state index in [0.717, 1.165) is 0 Å². The molecule has 0 atom stereocenters. The van der Waals surface area contributed by atoms with E-state index < -0.39 is 12.6 Å². The normalized spacial score (nSPS) is 5.12. The molecule has 0 aliphatic carbocycles. The molecule has 2 N–H and O–H groups in total. The number of rotatable bonds is 1. The minimum atomic E-state index is -1.19. The standard InChI is InChI=1S/C2H4O3.C2H4.Pb.2H/c3-1-2(4)5;1-2;;;/h3H,1H2,(H,4,5);1-2H2;;;. The van der Waals surface area contributed by atoms with E-state index in [0.29, 0.717) is 0 Å². The zero-order chi connectivity index (χ0) is 6.28. The second kappa shape index (κ2) is 15.7. The molecule has 0 unspecified atom stereocenters. The van der Waals surface area contributed by atoms with Crippen LogP contribution in [0.5, 0.6) is 0 Å². The molecule has 0 aliphatic heterocycles. The summed E-state index contributed by atoms with van der Waals surface area (Å²) in [7, 11) is 0. The summed E-state index contributed by atoms with van der Waals surface area (Å²) in [5, 5.41) is 15.0. The van der Waals surface area contributed by atoms with E-state index in [4.69, 9.17) is 15.0 Å². The average Bonchev–Trinajstić information content (AvgIpc) is 1.73. The number of aliphatic hydroxyl groups is 1. The van der Waals surface area contributed by atoms with Crippen LogP contribution in [-0.4, -0.2) is 50.1 Å². The van der Waals surface area contributed by atoms with E-state index in [-0.39, 0.29) is 27.3 Å². The first-order chi connectivity index (χ1) is 3.27. The predicted molar refractivity (Wildman–Crippen MR) is 34.5 cm³/mol. The molecule has 3 nitrogen and oxygen atoms in total. The Labute approximate surface area is 68.2 Å². The van der Waals surface area contributed by atoms with E-state index in [9.17, 15) is 0 Å². The molecule has 0 aromatic rings. The van der Waals surface area contributed by atoms with Crippen molar-refractivity contribution in [1.82, 2.24) is 0 Å². The zero-order valence-electron chi connectivity index (χ0n) is 4.63.